The van der Waals surface area contributed by atoms with Crippen LogP contribution in [0.5, 0.6) is 0 Å². The summed E-state index contributed by atoms with van der Waals surface area (Å²) in [4.78, 5) is 32.3. The van der Waals surface area contributed by atoms with Crippen molar-refractivity contribution in [1.29, 1.82) is 5.41 Å². The number of amidine groups is 1. The molecule has 2 fully saturated rings. The molecule has 0 bridgehead atoms. The minimum absolute atomic E-state index is 0.00123. The Bertz CT molecular complexity index is 1350. The van der Waals surface area contributed by atoms with Gasteiger partial charge in [0.1, 0.15) is 5.52 Å². The molecule has 2 atom stereocenters. The van der Waals surface area contributed by atoms with E-state index < -0.39 is 6.09 Å². The van der Waals surface area contributed by atoms with Gasteiger partial charge < -0.3 is 19.9 Å². The summed E-state index contributed by atoms with van der Waals surface area (Å²) in [7, 11) is 2.02. The predicted octanol–water partition coefficient (Wildman–Crippen LogP) is 5.44. The summed E-state index contributed by atoms with van der Waals surface area (Å²) in [6.45, 7) is 7.39. The summed E-state index contributed by atoms with van der Waals surface area (Å²) in [6, 6.07) is 6.04. The Morgan fingerprint density at radius 1 is 1.15 bits per heavy atom. The molecule has 11 nitrogen and oxygen atoms in total. The maximum absolute atomic E-state index is 11.3. The molecule has 0 aromatic carbocycles. The standard InChI is InChI=1S/C29H41N9O2/c1-17-11-13-20(14-12-17)16-38-23-25(32-18(2)21-8-7-9-21)34-27(24(30)33-29(39)40)35-26(23)36-28(38)37(4)19(3)22-10-5-6-15-31-22/h5-6,10,15,17-21H,7-9,11-14,16H2,1-4H3,(H2,30,33)(H,39,40)(H,32,34,35)/t17-,18-,19?,20-/m1/s1. The lowest BCUT2D eigenvalue weighted by molar-refractivity contribution is 0.200. The summed E-state index contributed by atoms with van der Waals surface area (Å²) in [5, 5.41) is 23.2. The van der Waals surface area contributed by atoms with Gasteiger partial charge in [-0.2, -0.15) is 4.98 Å². The molecular formula is C29H41N9O2. The number of anilines is 2. The van der Waals surface area contributed by atoms with Gasteiger partial charge in [0.05, 0.1) is 11.7 Å². The van der Waals surface area contributed by atoms with Crippen LogP contribution in [0.25, 0.3) is 11.2 Å². The van der Waals surface area contributed by atoms with Gasteiger partial charge in [-0.3, -0.25) is 15.7 Å². The van der Waals surface area contributed by atoms with Gasteiger partial charge in [-0.25, -0.2) is 14.8 Å². The lowest BCUT2D eigenvalue weighted by atomic mass is 9.80. The number of hydrogen-bond donors (Lipinski definition) is 4. The van der Waals surface area contributed by atoms with Gasteiger partial charge in [0, 0.05) is 25.8 Å². The van der Waals surface area contributed by atoms with E-state index in [1.165, 1.54) is 32.1 Å². The zero-order valence-corrected chi connectivity index (χ0v) is 23.9. The minimum atomic E-state index is -1.33. The third kappa shape index (κ3) is 5.88. The average molecular weight is 548 g/mol. The third-order valence-corrected chi connectivity index (χ3v) is 8.85. The van der Waals surface area contributed by atoms with E-state index in [2.05, 4.69) is 50.8 Å². The summed E-state index contributed by atoms with van der Waals surface area (Å²) < 4.78 is 2.24. The Morgan fingerprint density at radius 3 is 2.52 bits per heavy atom. The van der Waals surface area contributed by atoms with Gasteiger partial charge in [0.2, 0.25) is 5.95 Å². The first-order valence-corrected chi connectivity index (χ1v) is 14.5. The number of nitrogens with zero attached hydrogens (tertiary/aromatic N) is 6. The number of pyridine rings is 1. The van der Waals surface area contributed by atoms with Crippen LogP contribution in [0.15, 0.2) is 24.4 Å². The SMILES string of the molecule is CC(c1ccccn1)N(C)c1nc2nc(C(=N)NC(=O)O)nc(N[C@H](C)C3CCC3)c2n1C[C@H]1CC[C@H](C)CC1. The van der Waals surface area contributed by atoms with E-state index in [0.717, 1.165) is 42.5 Å². The number of fused-ring (bicyclic) bond motifs is 1. The number of hydrogen-bond acceptors (Lipinski definition) is 8. The van der Waals surface area contributed by atoms with Gasteiger partial charge in [0.25, 0.3) is 0 Å². The highest BCUT2D eigenvalue weighted by Crippen LogP contribution is 2.36. The lowest BCUT2D eigenvalue weighted by Gasteiger charge is -2.33. The van der Waals surface area contributed by atoms with Crippen LogP contribution in [0.2, 0.25) is 0 Å². The summed E-state index contributed by atoms with van der Waals surface area (Å²) in [5.74, 6) is 2.79. The van der Waals surface area contributed by atoms with E-state index >= 15 is 0 Å². The van der Waals surface area contributed by atoms with Crippen molar-refractivity contribution in [2.75, 3.05) is 17.3 Å². The van der Waals surface area contributed by atoms with Crippen molar-refractivity contribution in [3.8, 4) is 0 Å². The molecule has 214 valence electrons. The first-order chi connectivity index (χ1) is 19.2. The fourth-order valence-electron chi connectivity index (χ4n) is 5.88. The van der Waals surface area contributed by atoms with Crippen molar-refractivity contribution in [2.45, 2.75) is 84.3 Å². The monoisotopic (exact) mass is 547 g/mol. The van der Waals surface area contributed by atoms with Gasteiger partial charge in [-0.15, -0.1) is 0 Å². The Hall–Kier alpha value is -3.76. The summed E-state index contributed by atoms with van der Waals surface area (Å²) in [6.07, 6.45) is 8.79. The van der Waals surface area contributed by atoms with Crippen molar-refractivity contribution in [3.05, 3.63) is 35.9 Å². The van der Waals surface area contributed by atoms with Crippen molar-refractivity contribution in [3.63, 3.8) is 0 Å². The second kappa shape index (κ2) is 11.8. The smallest absolute Gasteiger partial charge is 0.410 e. The Kier molecular flexibility index (Phi) is 8.18. The molecule has 3 heterocycles. The van der Waals surface area contributed by atoms with Crippen LogP contribution in [0, 0.1) is 23.2 Å². The van der Waals surface area contributed by atoms with Gasteiger partial charge >= 0.3 is 6.09 Å². The number of rotatable bonds is 9. The second-order valence-electron chi connectivity index (χ2n) is 11.7. The molecular weight excluding hydrogens is 506 g/mol. The molecule has 3 aromatic rings. The van der Waals surface area contributed by atoms with Gasteiger partial charge in [-0.05, 0) is 69.4 Å². The van der Waals surface area contributed by atoms with Crippen LogP contribution < -0.4 is 15.5 Å². The molecule has 3 aromatic heterocycles. The molecule has 40 heavy (non-hydrogen) atoms. The van der Waals surface area contributed by atoms with Crippen LogP contribution >= 0.6 is 0 Å². The quantitative estimate of drug-likeness (QED) is 0.205. The molecule has 2 aliphatic carbocycles. The van der Waals surface area contributed by atoms with Crippen molar-refractivity contribution >= 4 is 34.9 Å². The molecule has 4 N–H and O–H groups in total. The predicted molar refractivity (Wildman–Crippen MR) is 156 cm³/mol. The molecule has 2 aliphatic rings. The topological polar surface area (TPSA) is 145 Å². The normalized spacial score (nSPS) is 20.9. The fourth-order valence-corrected chi connectivity index (χ4v) is 5.88. The zero-order chi connectivity index (χ0) is 28.4. The number of carboxylic acid groups (broad SMARTS) is 1. The van der Waals surface area contributed by atoms with Crippen LogP contribution in [0.3, 0.4) is 0 Å². The largest absolute Gasteiger partial charge is 0.465 e. The Labute approximate surface area is 235 Å². The third-order valence-electron chi connectivity index (χ3n) is 8.85. The molecule has 0 saturated heterocycles. The van der Waals surface area contributed by atoms with Gasteiger partial charge in [-0.1, -0.05) is 32.3 Å². The van der Waals surface area contributed by atoms with E-state index in [1.807, 2.05) is 25.2 Å². The zero-order valence-electron chi connectivity index (χ0n) is 23.9. The first kappa shape index (κ1) is 27.8. The summed E-state index contributed by atoms with van der Waals surface area (Å²) in [5.41, 5.74) is 2.18. The van der Waals surface area contributed by atoms with E-state index in [0.29, 0.717) is 23.3 Å². The number of amides is 1. The molecule has 0 aliphatic heterocycles. The minimum Gasteiger partial charge on any atom is -0.465 e. The highest BCUT2D eigenvalue weighted by Gasteiger charge is 2.30. The van der Waals surface area contributed by atoms with Crippen LogP contribution in [0.4, 0.5) is 16.6 Å². The van der Waals surface area contributed by atoms with Crippen molar-refractivity contribution in [2.24, 2.45) is 17.8 Å². The van der Waals surface area contributed by atoms with Crippen LogP contribution in [0.1, 0.15) is 83.3 Å². The van der Waals surface area contributed by atoms with Crippen molar-refractivity contribution < 1.29 is 9.90 Å². The van der Waals surface area contributed by atoms with Gasteiger partial charge in [0.15, 0.2) is 23.1 Å². The molecule has 11 heteroatoms. The molecule has 2 saturated carbocycles. The molecule has 0 radical (unpaired) electrons. The van der Waals surface area contributed by atoms with E-state index in [1.54, 1.807) is 6.20 Å². The highest BCUT2D eigenvalue weighted by molar-refractivity contribution is 6.03. The molecule has 1 unspecified atom stereocenters. The fraction of sp³-hybridized carbons (Fsp3) is 0.586. The molecule has 1 amide bonds. The van der Waals surface area contributed by atoms with Crippen LogP contribution in [-0.2, 0) is 6.54 Å². The number of nitrogens with one attached hydrogen (secondary N) is 3. The maximum Gasteiger partial charge on any atom is 0.410 e. The maximum atomic E-state index is 11.3. The second-order valence-corrected chi connectivity index (χ2v) is 11.7. The first-order valence-electron chi connectivity index (χ1n) is 14.5. The van der Waals surface area contributed by atoms with E-state index in [-0.39, 0.29) is 23.7 Å². The molecule has 5 rings (SSSR count). The average Bonchev–Trinajstić information content (AvgIpc) is 3.26. The number of aromatic nitrogens is 5. The number of imidazole rings is 1. The Morgan fingerprint density at radius 2 is 1.90 bits per heavy atom. The highest BCUT2D eigenvalue weighted by atomic mass is 16.4. The van der Waals surface area contributed by atoms with Crippen molar-refractivity contribution in [1.82, 2.24) is 29.8 Å². The Balaban J connectivity index is 1.62. The summed E-state index contributed by atoms with van der Waals surface area (Å²) >= 11 is 0. The van der Waals surface area contributed by atoms with Crippen LogP contribution in [-0.4, -0.2) is 54.6 Å². The van der Waals surface area contributed by atoms with E-state index in [4.69, 9.17) is 15.4 Å². The van der Waals surface area contributed by atoms with E-state index in [9.17, 15) is 9.90 Å². The molecule has 0 spiro atoms. The lowest BCUT2D eigenvalue weighted by Crippen LogP contribution is -2.33. The number of carbonyl (C=O) groups is 1.